The van der Waals surface area contributed by atoms with Crippen LogP contribution in [0.25, 0.3) is 0 Å². The zero-order valence-electron chi connectivity index (χ0n) is 19.5. The fraction of sp³-hybridized carbons (Fsp3) is 0.200. The van der Waals surface area contributed by atoms with Gasteiger partial charge >= 0.3 is 5.97 Å². The number of halogens is 2. The van der Waals surface area contributed by atoms with Gasteiger partial charge in [0.2, 0.25) is 5.91 Å². The van der Waals surface area contributed by atoms with Gasteiger partial charge in [-0.2, -0.15) is 0 Å². The summed E-state index contributed by atoms with van der Waals surface area (Å²) in [6, 6.07) is 16.2. The van der Waals surface area contributed by atoms with Crippen molar-refractivity contribution in [1.82, 2.24) is 0 Å². The lowest BCUT2D eigenvalue weighted by Crippen LogP contribution is -2.38. The highest BCUT2D eigenvalue weighted by Crippen LogP contribution is 2.28. The molecule has 0 bridgehead atoms. The second kappa shape index (κ2) is 12.1. The molecule has 11 heteroatoms. The molecular weight excluding hydrogens is 527 g/mol. The van der Waals surface area contributed by atoms with Crippen LogP contribution in [0.15, 0.2) is 71.6 Å². The van der Waals surface area contributed by atoms with E-state index in [0.29, 0.717) is 17.4 Å². The van der Waals surface area contributed by atoms with Crippen LogP contribution < -0.4 is 14.4 Å². The number of benzene rings is 3. The topological polar surface area (TPSA) is 102 Å². The Labute approximate surface area is 219 Å². The van der Waals surface area contributed by atoms with Crippen molar-refractivity contribution in [2.24, 2.45) is 0 Å². The molecule has 3 aromatic carbocycles. The molecule has 0 spiro atoms. The minimum absolute atomic E-state index is 0.0367. The van der Waals surface area contributed by atoms with Gasteiger partial charge in [0.05, 0.1) is 40.1 Å². The second-order valence-corrected chi connectivity index (χ2v) is 10.1. The van der Waals surface area contributed by atoms with Crippen LogP contribution in [0.2, 0.25) is 10.0 Å². The second-order valence-electron chi connectivity index (χ2n) is 7.36. The molecule has 190 valence electrons. The van der Waals surface area contributed by atoms with Gasteiger partial charge in [0.1, 0.15) is 12.3 Å². The Hall–Kier alpha value is -3.27. The zero-order chi connectivity index (χ0) is 26.3. The number of sulfonamides is 1. The van der Waals surface area contributed by atoms with Gasteiger partial charge in [-0.25, -0.2) is 13.2 Å². The lowest BCUT2D eigenvalue weighted by atomic mass is 10.2. The Morgan fingerprint density at radius 3 is 2.17 bits per heavy atom. The third-order valence-electron chi connectivity index (χ3n) is 4.88. The quantitative estimate of drug-likeness (QED) is 0.339. The summed E-state index contributed by atoms with van der Waals surface area (Å²) in [7, 11) is -4.14. The van der Waals surface area contributed by atoms with Gasteiger partial charge in [-0.15, -0.1) is 0 Å². The summed E-state index contributed by atoms with van der Waals surface area (Å²) in [5.41, 5.74) is 0.693. The van der Waals surface area contributed by atoms with Gasteiger partial charge in [0.25, 0.3) is 10.0 Å². The average Bonchev–Trinajstić information content (AvgIpc) is 2.85. The number of carbonyl (C=O) groups is 2. The monoisotopic (exact) mass is 550 g/mol. The first-order valence-electron chi connectivity index (χ1n) is 10.9. The van der Waals surface area contributed by atoms with E-state index >= 15 is 0 Å². The van der Waals surface area contributed by atoms with Crippen molar-refractivity contribution in [3.8, 4) is 5.75 Å². The van der Waals surface area contributed by atoms with Crippen molar-refractivity contribution in [2.45, 2.75) is 18.7 Å². The third kappa shape index (κ3) is 6.69. The molecule has 0 saturated carbocycles. The molecule has 0 radical (unpaired) electrons. The number of nitrogens with zero attached hydrogens (tertiary/aromatic N) is 1. The highest BCUT2D eigenvalue weighted by Gasteiger charge is 2.27. The summed E-state index contributed by atoms with van der Waals surface area (Å²) >= 11 is 12.2. The molecule has 0 heterocycles. The Bertz CT molecular complexity index is 1330. The van der Waals surface area contributed by atoms with Gasteiger partial charge in [0, 0.05) is 5.02 Å². The average molecular weight is 551 g/mol. The molecule has 3 aromatic rings. The molecule has 0 aromatic heterocycles. The number of nitrogens with one attached hydrogen (secondary N) is 1. The molecule has 0 unspecified atom stereocenters. The number of hydrogen-bond acceptors (Lipinski definition) is 6. The predicted molar refractivity (Wildman–Crippen MR) is 140 cm³/mol. The highest BCUT2D eigenvalue weighted by atomic mass is 35.5. The first-order chi connectivity index (χ1) is 17.1. The fourth-order valence-electron chi connectivity index (χ4n) is 3.20. The van der Waals surface area contributed by atoms with Crippen LogP contribution in [-0.2, 0) is 19.6 Å². The van der Waals surface area contributed by atoms with Crippen LogP contribution in [0, 0.1) is 0 Å². The SMILES string of the molecule is CCOC(=O)c1ccc(NC(=O)CN(c2ccc(OCC)cc2)S(=O)(=O)c2ccc(Cl)cc2)c(Cl)c1. The lowest BCUT2D eigenvalue weighted by Gasteiger charge is -2.24. The number of amides is 1. The highest BCUT2D eigenvalue weighted by molar-refractivity contribution is 7.92. The maximum absolute atomic E-state index is 13.5. The zero-order valence-corrected chi connectivity index (χ0v) is 21.9. The standard InChI is InChI=1S/C25H24Cl2N2O6S/c1-3-34-20-10-8-19(9-11-20)29(36(32,33)21-12-6-18(26)7-13-21)16-24(30)28-23-14-5-17(15-22(23)27)25(31)35-4-2/h5-15H,3-4,16H2,1-2H3,(H,28,30). The Morgan fingerprint density at radius 2 is 1.58 bits per heavy atom. The molecule has 0 aliphatic heterocycles. The minimum atomic E-state index is -4.14. The first kappa shape index (κ1) is 27.3. The van der Waals surface area contributed by atoms with E-state index in [4.69, 9.17) is 32.7 Å². The summed E-state index contributed by atoms with van der Waals surface area (Å²) < 4.78 is 38.3. The predicted octanol–water partition coefficient (Wildman–Crippen LogP) is 5.40. The maximum atomic E-state index is 13.5. The normalized spacial score (nSPS) is 11.0. The van der Waals surface area contributed by atoms with Gasteiger partial charge in [-0.1, -0.05) is 23.2 Å². The van der Waals surface area contributed by atoms with Crippen molar-refractivity contribution in [3.05, 3.63) is 82.3 Å². The Kier molecular flexibility index (Phi) is 9.19. The lowest BCUT2D eigenvalue weighted by molar-refractivity contribution is -0.114. The van der Waals surface area contributed by atoms with Crippen molar-refractivity contribution in [2.75, 3.05) is 29.4 Å². The summed E-state index contributed by atoms with van der Waals surface area (Å²) in [6.07, 6.45) is 0. The Morgan fingerprint density at radius 1 is 0.917 bits per heavy atom. The molecular formula is C25H24Cl2N2O6S. The van der Waals surface area contributed by atoms with E-state index < -0.39 is 28.4 Å². The minimum Gasteiger partial charge on any atom is -0.494 e. The molecule has 3 rings (SSSR count). The van der Waals surface area contributed by atoms with Crippen LogP contribution >= 0.6 is 23.2 Å². The van der Waals surface area contributed by atoms with Gasteiger partial charge in [-0.3, -0.25) is 9.10 Å². The summed E-state index contributed by atoms with van der Waals surface area (Å²) in [5.74, 6) is -0.636. The number of anilines is 2. The molecule has 0 aliphatic rings. The van der Waals surface area contributed by atoms with E-state index in [1.54, 1.807) is 31.2 Å². The smallest absolute Gasteiger partial charge is 0.338 e. The summed E-state index contributed by atoms with van der Waals surface area (Å²) in [6.45, 7) is 3.62. The van der Waals surface area contributed by atoms with Crippen LogP contribution in [-0.4, -0.2) is 40.1 Å². The molecule has 1 amide bonds. The van der Waals surface area contributed by atoms with Gasteiger partial charge < -0.3 is 14.8 Å². The Balaban J connectivity index is 1.89. The maximum Gasteiger partial charge on any atom is 0.338 e. The number of ether oxygens (including phenoxy) is 2. The van der Waals surface area contributed by atoms with Crippen molar-refractivity contribution >= 4 is 56.5 Å². The van der Waals surface area contributed by atoms with Crippen molar-refractivity contribution in [1.29, 1.82) is 0 Å². The van der Waals surface area contributed by atoms with E-state index in [-0.39, 0.29) is 33.5 Å². The summed E-state index contributed by atoms with van der Waals surface area (Å²) in [5, 5.41) is 3.07. The molecule has 0 saturated heterocycles. The molecule has 0 atom stereocenters. The summed E-state index contributed by atoms with van der Waals surface area (Å²) in [4.78, 5) is 24.8. The van der Waals surface area contributed by atoms with Crippen LogP contribution in [0.3, 0.4) is 0 Å². The van der Waals surface area contributed by atoms with Crippen LogP contribution in [0.4, 0.5) is 11.4 Å². The van der Waals surface area contributed by atoms with E-state index in [9.17, 15) is 18.0 Å². The van der Waals surface area contributed by atoms with Gasteiger partial charge in [0.15, 0.2) is 0 Å². The van der Waals surface area contributed by atoms with Crippen LogP contribution in [0.5, 0.6) is 5.75 Å². The number of carbonyl (C=O) groups excluding carboxylic acids is 2. The fourth-order valence-corrected chi connectivity index (χ4v) is 4.98. The molecule has 1 N–H and O–H groups in total. The number of esters is 1. The van der Waals surface area contributed by atoms with E-state index in [1.807, 2.05) is 6.92 Å². The first-order valence-corrected chi connectivity index (χ1v) is 13.1. The number of hydrogen-bond donors (Lipinski definition) is 1. The third-order valence-corrected chi connectivity index (χ3v) is 7.23. The van der Waals surface area contributed by atoms with E-state index in [1.165, 1.54) is 42.5 Å². The van der Waals surface area contributed by atoms with Crippen molar-refractivity contribution < 1.29 is 27.5 Å². The van der Waals surface area contributed by atoms with Crippen LogP contribution in [0.1, 0.15) is 24.2 Å². The van der Waals surface area contributed by atoms with E-state index in [2.05, 4.69) is 5.32 Å². The number of rotatable bonds is 10. The molecule has 0 fully saturated rings. The van der Waals surface area contributed by atoms with E-state index in [0.717, 1.165) is 4.31 Å². The molecule has 36 heavy (non-hydrogen) atoms. The molecule has 0 aliphatic carbocycles. The molecule has 8 nitrogen and oxygen atoms in total. The van der Waals surface area contributed by atoms with Gasteiger partial charge in [-0.05, 0) is 80.6 Å². The largest absolute Gasteiger partial charge is 0.494 e. The van der Waals surface area contributed by atoms with Crippen molar-refractivity contribution in [3.63, 3.8) is 0 Å².